The first-order valence-corrected chi connectivity index (χ1v) is 24.1. The molecule has 6 heteroatoms. The standard InChI is InChI=1S/C64H45BrClO4/c65-61(62(66)60(47-31-33-57(67)51(35-47)41-19-7-1-8-20-41)48-32-34-58(68)52(36-48)42-21-9-2-10-22-42)59(49-37-53(43-23-11-3-12-24-43)63(69)54(38-49)44-25-13-4-14-26-44)50-39-55(45-27-15-5-16-28-45)64(70)56(40-50)46-29-17-6-18-30-46/h1-40,62,67-70H. The quantitative estimate of drug-likeness (QED) is 0.0920. The van der Waals surface area contributed by atoms with Crippen molar-refractivity contribution in [1.82, 2.24) is 0 Å². The Morgan fingerprint density at radius 2 is 0.557 bits per heavy atom. The zero-order valence-electron chi connectivity index (χ0n) is 37.7. The molecule has 0 saturated heterocycles. The second kappa shape index (κ2) is 20.2. The van der Waals surface area contributed by atoms with Crippen molar-refractivity contribution in [2.75, 3.05) is 0 Å². The summed E-state index contributed by atoms with van der Waals surface area (Å²) in [7, 11) is 0. The van der Waals surface area contributed by atoms with Crippen molar-refractivity contribution in [1.29, 1.82) is 0 Å². The Balaban J connectivity index is 1.30. The minimum Gasteiger partial charge on any atom is -0.507 e. The van der Waals surface area contributed by atoms with E-state index in [0.717, 1.165) is 55.6 Å². The highest BCUT2D eigenvalue weighted by molar-refractivity contribution is 9.12. The van der Waals surface area contributed by atoms with Crippen LogP contribution < -0.4 is 0 Å². The third-order valence-corrected chi connectivity index (χ3v) is 14.2. The normalized spacial score (nSPS) is 11.6. The molecular formula is C64H45BrClO4. The molecule has 70 heavy (non-hydrogen) atoms. The van der Waals surface area contributed by atoms with E-state index in [1.807, 2.05) is 231 Å². The summed E-state index contributed by atoms with van der Waals surface area (Å²) >= 11 is 12.4. The topological polar surface area (TPSA) is 80.9 Å². The van der Waals surface area contributed by atoms with Crippen LogP contribution in [0.1, 0.15) is 22.3 Å². The smallest absolute Gasteiger partial charge is 0.131 e. The zero-order chi connectivity index (χ0) is 48.1. The third kappa shape index (κ3) is 9.25. The monoisotopic (exact) mass is 991 g/mol. The molecule has 0 saturated carbocycles. The van der Waals surface area contributed by atoms with Gasteiger partial charge in [0, 0.05) is 43.4 Å². The van der Waals surface area contributed by atoms with Gasteiger partial charge in [0.05, 0.1) is 11.3 Å². The van der Waals surface area contributed by atoms with Crippen molar-refractivity contribution in [3.05, 3.63) is 275 Å². The van der Waals surface area contributed by atoms with Gasteiger partial charge in [-0.15, -0.1) is 11.6 Å². The van der Waals surface area contributed by atoms with E-state index in [2.05, 4.69) is 15.9 Å². The van der Waals surface area contributed by atoms with Crippen LogP contribution in [0.4, 0.5) is 0 Å². The van der Waals surface area contributed by atoms with E-state index in [-0.39, 0.29) is 23.0 Å². The molecule has 10 rings (SSSR count). The maximum Gasteiger partial charge on any atom is 0.131 e. The van der Waals surface area contributed by atoms with Crippen LogP contribution in [0.3, 0.4) is 0 Å². The fourth-order valence-corrected chi connectivity index (χ4v) is 10.2. The summed E-state index contributed by atoms with van der Waals surface area (Å²) in [5.74, 6) is 1.17. The van der Waals surface area contributed by atoms with Crippen molar-refractivity contribution in [2.24, 2.45) is 0 Å². The first-order chi connectivity index (χ1) is 34.2. The van der Waals surface area contributed by atoms with Gasteiger partial charge in [0.2, 0.25) is 0 Å². The van der Waals surface area contributed by atoms with Crippen molar-refractivity contribution < 1.29 is 20.4 Å². The Bertz CT molecular complexity index is 3130. The first-order valence-electron chi connectivity index (χ1n) is 22.9. The summed E-state index contributed by atoms with van der Waals surface area (Å²) in [6.45, 7) is 0. The Hall–Kier alpha value is -8.09. The van der Waals surface area contributed by atoms with Gasteiger partial charge in [-0.1, -0.05) is 210 Å². The number of halogens is 2. The summed E-state index contributed by atoms with van der Waals surface area (Å²) in [5, 5.41) is 46.4. The van der Waals surface area contributed by atoms with Gasteiger partial charge in [0.1, 0.15) is 23.0 Å². The largest absolute Gasteiger partial charge is 0.507 e. The lowest BCUT2D eigenvalue weighted by Gasteiger charge is -2.27. The van der Waals surface area contributed by atoms with Gasteiger partial charge in [-0.3, -0.25) is 0 Å². The van der Waals surface area contributed by atoms with Gasteiger partial charge < -0.3 is 20.4 Å². The van der Waals surface area contributed by atoms with Crippen LogP contribution >= 0.6 is 27.5 Å². The minimum absolute atomic E-state index is 0.114. The summed E-state index contributed by atoms with van der Waals surface area (Å²) in [5.41, 5.74) is 12.3. The van der Waals surface area contributed by atoms with Crippen LogP contribution in [-0.2, 0) is 0 Å². The summed E-state index contributed by atoms with van der Waals surface area (Å²) in [6, 6.07) is 77.7. The minimum atomic E-state index is -0.931. The molecule has 0 amide bonds. The summed E-state index contributed by atoms with van der Waals surface area (Å²) in [6.07, 6.45) is 0. The Labute approximate surface area is 421 Å². The van der Waals surface area contributed by atoms with E-state index in [1.54, 1.807) is 12.1 Å². The molecule has 10 aromatic carbocycles. The number of phenols is 4. The average Bonchev–Trinajstić information content (AvgIpc) is 3.41. The number of hydrogen-bond acceptors (Lipinski definition) is 4. The SMILES string of the molecule is Oc1ccc([C](c2ccc(O)c(-c3ccccc3)c2)C(Cl)C(Br)=C(c2cc(-c3ccccc3)c(O)c(-c3ccccc3)c2)c2cc(-c3ccccc3)c(O)c(-c3ccccc3)c2)cc1-c1ccccc1. The molecule has 1 radical (unpaired) electrons. The first kappa shape index (κ1) is 45.7. The predicted octanol–water partition coefficient (Wildman–Crippen LogP) is 16.9. The lowest BCUT2D eigenvalue weighted by atomic mass is 9.82. The van der Waals surface area contributed by atoms with Crippen LogP contribution in [0, 0.1) is 5.92 Å². The van der Waals surface area contributed by atoms with Crippen LogP contribution in [0.2, 0.25) is 0 Å². The van der Waals surface area contributed by atoms with E-state index in [0.29, 0.717) is 49.4 Å². The molecule has 0 aromatic heterocycles. The maximum atomic E-state index is 12.3. The van der Waals surface area contributed by atoms with Gasteiger partial charge >= 0.3 is 0 Å². The molecule has 0 spiro atoms. The van der Waals surface area contributed by atoms with Gasteiger partial charge in [0.25, 0.3) is 0 Å². The van der Waals surface area contributed by atoms with Crippen molar-refractivity contribution in [2.45, 2.75) is 5.38 Å². The molecule has 0 aliphatic heterocycles. The molecule has 0 aliphatic carbocycles. The number of hydrogen-bond donors (Lipinski definition) is 4. The number of allylic oxidation sites excluding steroid dienone is 1. The van der Waals surface area contributed by atoms with Crippen LogP contribution in [-0.4, -0.2) is 25.8 Å². The third-order valence-electron chi connectivity index (χ3n) is 12.6. The maximum absolute atomic E-state index is 12.3. The van der Waals surface area contributed by atoms with Gasteiger partial charge in [0.15, 0.2) is 0 Å². The highest BCUT2D eigenvalue weighted by atomic mass is 79.9. The fourth-order valence-electron chi connectivity index (χ4n) is 9.17. The lowest BCUT2D eigenvalue weighted by Crippen LogP contribution is -2.18. The number of benzene rings is 10. The van der Waals surface area contributed by atoms with E-state index < -0.39 is 5.38 Å². The summed E-state index contributed by atoms with van der Waals surface area (Å²) in [4.78, 5) is 0. The van der Waals surface area contributed by atoms with Gasteiger partial charge in [-0.2, -0.15) is 0 Å². The Morgan fingerprint density at radius 3 is 0.829 bits per heavy atom. The van der Waals surface area contributed by atoms with Crippen LogP contribution in [0.5, 0.6) is 23.0 Å². The molecule has 1 unspecified atom stereocenters. The molecule has 0 aliphatic rings. The van der Waals surface area contributed by atoms with Gasteiger partial charge in [-0.05, 0) is 104 Å². The van der Waals surface area contributed by atoms with Crippen LogP contribution in [0.25, 0.3) is 72.3 Å². The highest BCUT2D eigenvalue weighted by Crippen LogP contribution is 2.50. The molecule has 4 nitrogen and oxygen atoms in total. The average molecular weight is 993 g/mol. The van der Waals surface area contributed by atoms with Crippen LogP contribution in [0.15, 0.2) is 247 Å². The van der Waals surface area contributed by atoms with Crippen molar-refractivity contribution >= 4 is 33.1 Å². The van der Waals surface area contributed by atoms with E-state index in [9.17, 15) is 20.4 Å². The lowest BCUT2D eigenvalue weighted by molar-refractivity contribution is 0.477. The number of aromatic hydroxyl groups is 4. The molecule has 0 heterocycles. The van der Waals surface area contributed by atoms with E-state index in [1.165, 1.54) is 0 Å². The highest BCUT2D eigenvalue weighted by Gasteiger charge is 2.32. The Morgan fingerprint density at radius 1 is 0.314 bits per heavy atom. The summed E-state index contributed by atoms with van der Waals surface area (Å²) < 4.78 is 0.584. The fraction of sp³-hybridized carbons (Fsp3) is 0.0156. The Kier molecular flexibility index (Phi) is 13.2. The number of phenolic OH excluding ortho intramolecular Hbond substituents is 4. The van der Waals surface area contributed by atoms with Gasteiger partial charge in [-0.25, -0.2) is 0 Å². The second-order valence-electron chi connectivity index (χ2n) is 17.0. The molecule has 0 bridgehead atoms. The molecule has 0 fully saturated rings. The number of rotatable bonds is 12. The zero-order valence-corrected chi connectivity index (χ0v) is 40.1. The van der Waals surface area contributed by atoms with Crippen molar-refractivity contribution in [3.8, 4) is 89.8 Å². The van der Waals surface area contributed by atoms with E-state index >= 15 is 0 Å². The predicted molar refractivity (Wildman–Crippen MR) is 291 cm³/mol. The molecule has 1 atom stereocenters. The molecule has 4 N–H and O–H groups in total. The molecular weight excluding hydrogens is 948 g/mol. The number of alkyl halides is 1. The van der Waals surface area contributed by atoms with E-state index in [4.69, 9.17) is 11.6 Å². The van der Waals surface area contributed by atoms with Crippen molar-refractivity contribution in [3.63, 3.8) is 0 Å². The molecule has 10 aromatic rings. The second-order valence-corrected chi connectivity index (χ2v) is 18.3. The molecule has 339 valence electrons.